The van der Waals surface area contributed by atoms with Crippen LogP contribution in [-0.4, -0.2) is 59.1 Å². The quantitative estimate of drug-likeness (QED) is 0.124. The highest BCUT2D eigenvalue weighted by Gasteiger charge is 2.18. The molecule has 238 valence electrons. The highest BCUT2D eigenvalue weighted by atomic mass is 32.2. The lowest BCUT2D eigenvalue weighted by atomic mass is 10.1. The van der Waals surface area contributed by atoms with Gasteiger partial charge in [0.1, 0.15) is 0 Å². The van der Waals surface area contributed by atoms with Crippen LogP contribution in [0.3, 0.4) is 0 Å². The van der Waals surface area contributed by atoms with Crippen molar-refractivity contribution >= 4 is 35.5 Å². The van der Waals surface area contributed by atoms with Crippen molar-refractivity contribution < 1.29 is 29.3 Å². The van der Waals surface area contributed by atoms with E-state index in [0.29, 0.717) is 26.1 Å². The Morgan fingerprint density at radius 3 is 1.48 bits per heavy atom. The zero-order valence-electron chi connectivity index (χ0n) is 26.0. The number of carbonyl (C=O) groups is 2. The van der Waals surface area contributed by atoms with E-state index in [4.69, 9.17) is 9.47 Å². The van der Waals surface area contributed by atoms with Crippen LogP contribution < -0.4 is 0 Å². The number of allylic oxidation sites excluding steroid dienone is 2. The summed E-state index contributed by atoms with van der Waals surface area (Å²) in [7, 11) is 0. The number of rotatable bonds is 16. The second-order valence-corrected chi connectivity index (χ2v) is 12.0. The molecule has 0 fully saturated rings. The lowest BCUT2D eigenvalue weighted by Crippen LogP contribution is -2.26. The molecule has 0 bridgehead atoms. The van der Waals surface area contributed by atoms with Gasteiger partial charge < -0.3 is 19.7 Å². The maximum atomic E-state index is 11.3. The molecule has 0 amide bonds. The summed E-state index contributed by atoms with van der Waals surface area (Å²) in [4.78, 5) is 24.8. The molecule has 0 aliphatic rings. The summed E-state index contributed by atoms with van der Waals surface area (Å²) < 4.78 is 10.6. The molecule has 2 N–H and O–H groups in total. The molecule has 0 spiro atoms. The fourth-order valence-corrected chi connectivity index (χ4v) is 5.56. The van der Waals surface area contributed by atoms with Gasteiger partial charge in [-0.15, -0.1) is 23.5 Å². The van der Waals surface area contributed by atoms with E-state index in [0.717, 1.165) is 43.6 Å². The van der Waals surface area contributed by atoms with Crippen LogP contribution in [-0.2, 0) is 31.9 Å². The van der Waals surface area contributed by atoms with E-state index >= 15 is 0 Å². The summed E-state index contributed by atoms with van der Waals surface area (Å²) in [6.07, 6.45) is 6.77. The number of carboxylic acids is 2. The predicted molar refractivity (Wildman–Crippen MR) is 186 cm³/mol. The molecule has 2 atom stereocenters. The number of ether oxygens (including phenoxy) is 2. The van der Waals surface area contributed by atoms with Crippen LogP contribution in [0.5, 0.6) is 0 Å². The van der Waals surface area contributed by atoms with Gasteiger partial charge in [-0.05, 0) is 79.6 Å². The molecule has 0 radical (unpaired) electrons. The number of benzene rings is 3. The topological polar surface area (TPSA) is 93.1 Å². The van der Waals surface area contributed by atoms with Gasteiger partial charge in [-0.3, -0.25) is 0 Å². The van der Waals surface area contributed by atoms with Crippen LogP contribution in [0.25, 0.3) is 0 Å². The second kappa shape index (κ2) is 20.8. The Bertz CT molecular complexity index is 1470. The summed E-state index contributed by atoms with van der Waals surface area (Å²) in [5, 5.41) is 18.5. The average Bonchev–Trinajstić information content (AvgIpc) is 3.05. The van der Waals surface area contributed by atoms with Gasteiger partial charge in [-0.1, -0.05) is 66.2 Å². The fourth-order valence-electron chi connectivity index (χ4n) is 4.14. The summed E-state index contributed by atoms with van der Waals surface area (Å²) in [6, 6.07) is 23.6. The maximum absolute atomic E-state index is 11.3. The normalized spacial score (nSPS) is 12.2. The number of thioether (sulfide) groups is 2. The van der Waals surface area contributed by atoms with Crippen molar-refractivity contribution in [3.8, 4) is 23.7 Å². The van der Waals surface area contributed by atoms with Gasteiger partial charge in [0.25, 0.3) is 0 Å². The minimum atomic E-state index is -0.945. The Morgan fingerprint density at radius 2 is 1.11 bits per heavy atom. The zero-order chi connectivity index (χ0) is 33.0. The number of aliphatic carboxylic acids is 2. The van der Waals surface area contributed by atoms with Crippen molar-refractivity contribution in [3.05, 3.63) is 119 Å². The number of hydrogen-bond donors (Lipinski definition) is 2. The first kappa shape index (κ1) is 36.3. The van der Waals surface area contributed by atoms with Crippen molar-refractivity contribution in [1.29, 1.82) is 0 Å². The van der Waals surface area contributed by atoms with Crippen LogP contribution in [0.15, 0.2) is 107 Å². The molecule has 46 heavy (non-hydrogen) atoms. The first-order valence-electron chi connectivity index (χ1n) is 14.9. The number of hydrogen-bond acceptors (Lipinski definition) is 6. The second-order valence-electron chi connectivity index (χ2n) is 9.81. The van der Waals surface area contributed by atoms with Gasteiger partial charge >= 0.3 is 11.9 Å². The molecule has 0 aromatic heterocycles. The van der Waals surface area contributed by atoms with E-state index in [1.165, 1.54) is 0 Å². The van der Waals surface area contributed by atoms with Gasteiger partial charge in [-0.25, -0.2) is 9.59 Å². The van der Waals surface area contributed by atoms with E-state index in [1.54, 1.807) is 37.4 Å². The molecule has 3 rings (SSSR count). The molecule has 0 heterocycles. The van der Waals surface area contributed by atoms with Crippen LogP contribution in [0.1, 0.15) is 36.1 Å². The molecule has 0 aliphatic carbocycles. The van der Waals surface area contributed by atoms with E-state index in [1.807, 2.05) is 97.1 Å². The minimum absolute atomic E-state index is 0.347. The van der Waals surface area contributed by atoms with Crippen molar-refractivity contribution in [2.45, 2.75) is 48.7 Å². The van der Waals surface area contributed by atoms with E-state index in [2.05, 4.69) is 23.7 Å². The summed E-state index contributed by atoms with van der Waals surface area (Å²) in [6.45, 7) is 4.32. The Kier molecular flexibility index (Phi) is 16.4. The molecular formula is C38H38O6S2. The van der Waals surface area contributed by atoms with Crippen LogP contribution in [0.2, 0.25) is 0 Å². The summed E-state index contributed by atoms with van der Waals surface area (Å²) in [5.41, 5.74) is 3.65. The van der Waals surface area contributed by atoms with Crippen molar-refractivity contribution in [3.63, 3.8) is 0 Å². The van der Waals surface area contributed by atoms with Crippen LogP contribution >= 0.6 is 23.5 Å². The van der Waals surface area contributed by atoms with E-state index in [9.17, 15) is 19.8 Å². The zero-order valence-corrected chi connectivity index (χ0v) is 27.6. The van der Waals surface area contributed by atoms with Crippen molar-refractivity contribution in [2.75, 3.05) is 24.7 Å². The molecule has 8 heteroatoms. The minimum Gasteiger partial charge on any atom is -0.479 e. The largest absolute Gasteiger partial charge is 0.479 e. The van der Waals surface area contributed by atoms with Crippen LogP contribution in [0, 0.1) is 23.7 Å². The lowest BCUT2D eigenvalue weighted by Gasteiger charge is -2.12. The third kappa shape index (κ3) is 13.9. The predicted octanol–water partition coefficient (Wildman–Crippen LogP) is 7.15. The summed E-state index contributed by atoms with van der Waals surface area (Å²) in [5.74, 6) is 12.1. The van der Waals surface area contributed by atoms with Gasteiger partial charge in [0.2, 0.25) is 0 Å². The standard InChI is InChI=1S/C38H38O6S2/c1-3-43-35(37(39)40)27-31-16-20-33(21-17-31)45-24-9-5-7-12-29-14-11-15-30(26-29)13-8-6-10-25-46-34-22-18-32(19-23-34)28-36(38(41)42)44-4-2/h5-6,9-11,14-23,26,35-36H,3-4,24-25,27-28H2,1-2H3,(H,39,40)(H,41,42)/b9-5+,10-6+. The van der Waals surface area contributed by atoms with Crippen LogP contribution in [0.4, 0.5) is 0 Å². The first-order valence-corrected chi connectivity index (χ1v) is 16.9. The Balaban J connectivity index is 1.40. The number of carboxylic acid groups (broad SMARTS) is 2. The third-order valence-corrected chi connectivity index (χ3v) is 8.30. The Labute approximate surface area is 280 Å². The van der Waals surface area contributed by atoms with Gasteiger partial charge in [-0.2, -0.15) is 0 Å². The highest BCUT2D eigenvalue weighted by molar-refractivity contribution is 7.99. The SMILES string of the molecule is CCOC(Cc1ccc(SC/C=C/C#Cc2cccc(C#C/C=C/CSc3ccc(CC(OCC)C(=O)O)cc3)c2)cc1)C(=O)O. The first-order chi connectivity index (χ1) is 22.4. The monoisotopic (exact) mass is 654 g/mol. The van der Waals surface area contributed by atoms with E-state index < -0.39 is 24.1 Å². The Morgan fingerprint density at radius 1 is 0.696 bits per heavy atom. The molecule has 2 unspecified atom stereocenters. The summed E-state index contributed by atoms with van der Waals surface area (Å²) >= 11 is 3.36. The van der Waals surface area contributed by atoms with Crippen molar-refractivity contribution in [2.24, 2.45) is 0 Å². The van der Waals surface area contributed by atoms with Gasteiger partial charge in [0.15, 0.2) is 12.2 Å². The fraction of sp³-hybridized carbons (Fsp3) is 0.263. The van der Waals surface area contributed by atoms with E-state index in [-0.39, 0.29) is 0 Å². The lowest BCUT2D eigenvalue weighted by molar-refractivity contribution is -0.150. The Hall–Kier alpha value is -4.18. The maximum Gasteiger partial charge on any atom is 0.333 e. The highest BCUT2D eigenvalue weighted by Crippen LogP contribution is 2.20. The third-order valence-electron chi connectivity index (χ3n) is 6.37. The molecule has 3 aromatic carbocycles. The van der Waals surface area contributed by atoms with Gasteiger partial charge in [0.05, 0.1) is 0 Å². The smallest absolute Gasteiger partial charge is 0.333 e. The molecule has 0 saturated carbocycles. The molecule has 0 aliphatic heterocycles. The average molecular weight is 655 g/mol. The molecule has 0 saturated heterocycles. The van der Waals surface area contributed by atoms with Gasteiger partial charge in [0, 0.05) is 58.5 Å². The molecular weight excluding hydrogens is 617 g/mol. The molecule has 6 nitrogen and oxygen atoms in total. The van der Waals surface area contributed by atoms with Crippen molar-refractivity contribution in [1.82, 2.24) is 0 Å². The molecule has 3 aromatic rings.